The van der Waals surface area contributed by atoms with Crippen LogP contribution in [-0.2, 0) is 6.42 Å². The lowest BCUT2D eigenvalue weighted by Gasteiger charge is -2.13. The van der Waals surface area contributed by atoms with Gasteiger partial charge in [-0.15, -0.1) is 0 Å². The molecule has 0 unspecified atom stereocenters. The van der Waals surface area contributed by atoms with Crippen molar-refractivity contribution in [3.05, 3.63) is 27.9 Å². The molecular formula is C15H20IN5. The molecule has 0 aliphatic carbocycles. The molecule has 0 aliphatic heterocycles. The third-order valence-corrected chi connectivity index (χ3v) is 3.99. The van der Waals surface area contributed by atoms with E-state index in [1.165, 1.54) is 0 Å². The number of hydrogen-bond donors (Lipinski definition) is 1. The lowest BCUT2D eigenvalue weighted by molar-refractivity contribution is 0.632. The van der Waals surface area contributed by atoms with Gasteiger partial charge in [-0.25, -0.2) is 15.0 Å². The summed E-state index contributed by atoms with van der Waals surface area (Å²) in [5.41, 5.74) is 1.78. The van der Waals surface area contributed by atoms with Crippen LogP contribution in [0.5, 0.6) is 0 Å². The maximum absolute atomic E-state index is 4.69. The molecule has 0 radical (unpaired) electrons. The first-order valence-corrected chi connectivity index (χ1v) is 8.26. The molecule has 1 N–H and O–H groups in total. The van der Waals surface area contributed by atoms with E-state index in [1.54, 1.807) is 18.6 Å². The Morgan fingerprint density at radius 3 is 2.67 bits per heavy atom. The number of anilines is 1. The maximum atomic E-state index is 4.69. The van der Waals surface area contributed by atoms with Gasteiger partial charge in [-0.3, -0.25) is 4.98 Å². The number of hydrogen-bond acceptors (Lipinski definition) is 5. The van der Waals surface area contributed by atoms with Gasteiger partial charge in [0.2, 0.25) is 0 Å². The van der Waals surface area contributed by atoms with Crippen molar-refractivity contribution in [1.29, 1.82) is 0 Å². The maximum Gasteiger partial charge on any atom is 0.182 e. The van der Waals surface area contributed by atoms with E-state index in [0.717, 1.165) is 34.5 Å². The monoisotopic (exact) mass is 397 g/mol. The molecule has 21 heavy (non-hydrogen) atoms. The first-order chi connectivity index (χ1) is 10.1. The highest BCUT2D eigenvalue weighted by Crippen LogP contribution is 2.24. The van der Waals surface area contributed by atoms with Crippen molar-refractivity contribution in [2.24, 2.45) is 5.92 Å². The summed E-state index contributed by atoms with van der Waals surface area (Å²) < 4.78 is 1.10. The van der Waals surface area contributed by atoms with Gasteiger partial charge in [0, 0.05) is 18.9 Å². The molecule has 5 nitrogen and oxygen atoms in total. The molecule has 0 aromatic carbocycles. The van der Waals surface area contributed by atoms with Gasteiger partial charge in [0.1, 0.15) is 11.5 Å². The summed E-state index contributed by atoms with van der Waals surface area (Å²) in [6.45, 7) is 7.42. The topological polar surface area (TPSA) is 63.6 Å². The van der Waals surface area contributed by atoms with Crippen LogP contribution in [-0.4, -0.2) is 26.5 Å². The highest BCUT2D eigenvalue weighted by Gasteiger charge is 2.15. The molecule has 0 saturated carbocycles. The van der Waals surface area contributed by atoms with E-state index >= 15 is 0 Å². The minimum atomic E-state index is 0.544. The van der Waals surface area contributed by atoms with Gasteiger partial charge in [0.25, 0.3) is 0 Å². The molecule has 2 heterocycles. The summed E-state index contributed by atoms with van der Waals surface area (Å²) in [5.74, 6) is 2.07. The number of halogens is 1. The van der Waals surface area contributed by atoms with Crippen LogP contribution >= 0.6 is 22.6 Å². The van der Waals surface area contributed by atoms with E-state index in [1.807, 2.05) is 0 Å². The third-order valence-electron chi connectivity index (χ3n) is 2.86. The number of aromatic nitrogens is 4. The number of nitrogens with zero attached hydrogens (tertiary/aromatic N) is 4. The zero-order chi connectivity index (χ0) is 15.2. The fourth-order valence-corrected chi connectivity index (χ4v) is 2.56. The molecule has 2 aromatic rings. The van der Waals surface area contributed by atoms with E-state index in [4.69, 9.17) is 4.98 Å². The zero-order valence-corrected chi connectivity index (χ0v) is 14.8. The molecule has 112 valence electrons. The van der Waals surface area contributed by atoms with Crippen molar-refractivity contribution in [2.75, 3.05) is 11.9 Å². The van der Waals surface area contributed by atoms with Crippen LogP contribution in [0.15, 0.2) is 18.6 Å². The number of nitrogens with one attached hydrogen (secondary N) is 1. The lowest BCUT2D eigenvalue weighted by Crippen LogP contribution is -2.11. The second-order valence-corrected chi connectivity index (χ2v) is 6.35. The molecule has 0 bridgehead atoms. The highest BCUT2D eigenvalue weighted by atomic mass is 127. The fourth-order valence-electron chi connectivity index (χ4n) is 1.91. The lowest BCUT2D eigenvalue weighted by atomic mass is 10.1. The van der Waals surface area contributed by atoms with Crippen LogP contribution in [0.3, 0.4) is 0 Å². The molecule has 0 spiro atoms. The Labute approximate surface area is 139 Å². The van der Waals surface area contributed by atoms with Crippen LogP contribution in [0.1, 0.15) is 32.9 Å². The first kappa shape index (κ1) is 16.1. The van der Waals surface area contributed by atoms with Crippen LogP contribution in [0.25, 0.3) is 11.5 Å². The quantitative estimate of drug-likeness (QED) is 0.756. The Kier molecular flexibility index (Phi) is 5.84. The van der Waals surface area contributed by atoms with Gasteiger partial charge in [-0.05, 0) is 41.4 Å². The van der Waals surface area contributed by atoms with Crippen molar-refractivity contribution in [3.8, 4) is 11.5 Å². The average molecular weight is 397 g/mol. The third kappa shape index (κ3) is 4.33. The minimum absolute atomic E-state index is 0.544. The first-order valence-electron chi connectivity index (χ1n) is 7.18. The molecule has 0 saturated heterocycles. The summed E-state index contributed by atoms with van der Waals surface area (Å²) in [4.78, 5) is 17.7. The Bertz CT molecular complexity index is 586. The second-order valence-electron chi connectivity index (χ2n) is 5.27. The molecule has 2 aromatic heterocycles. The molecule has 0 aliphatic rings. The summed E-state index contributed by atoms with van der Waals surface area (Å²) >= 11 is 2.33. The van der Waals surface area contributed by atoms with Gasteiger partial charge >= 0.3 is 0 Å². The Balaban J connectivity index is 2.45. The normalized spacial score (nSPS) is 10.9. The fraction of sp³-hybridized carbons (Fsp3) is 0.467. The van der Waals surface area contributed by atoms with Crippen LogP contribution in [0.4, 0.5) is 5.82 Å². The summed E-state index contributed by atoms with van der Waals surface area (Å²) in [6, 6.07) is 0. The predicted octanol–water partition coefficient (Wildman–Crippen LogP) is 3.56. The molecular weight excluding hydrogens is 377 g/mol. The largest absolute Gasteiger partial charge is 0.369 e. The van der Waals surface area contributed by atoms with E-state index in [0.29, 0.717) is 17.4 Å². The Morgan fingerprint density at radius 2 is 2.05 bits per heavy atom. The van der Waals surface area contributed by atoms with Gasteiger partial charge in [-0.2, -0.15) is 0 Å². The van der Waals surface area contributed by atoms with Crippen LogP contribution < -0.4 is 5.32 Å². The van der Waals surface area contributed by atoms with Crippen molar-refractivity contribution in [1.82, 2.24) is 19.9 Å². The molecule has 0 atom stereocenters. The zero-order valence-electron chi connectivity index (χ0n) is 12.6. The van der Waals surface area contributed by atoms with Crippen molar-refractivity contribution >= 4 is 28.4 Å². The highest BCUT2D eigenvalue weighted by molar-refractivity contribution is 14.1. The molecule has 0 fully saturated rings. The average Bonchev–Trinajstić information content (AvgIpc) is 2.48. The van der Waals surface area contributed by atoms with Crippen molar-refractivity contribution in [3.63, 3.8) is 0 Å². The Morgan fingerprint density at radius 1 is 1.24 bits per heavy atom. The molecule has 6 heteroatoms. The summed E-state index contributed by atoms with van der Waals surface area (Å²) in [5, 5.41) is 3.38. The molecule has 2 rings (SSSR count). The van der Waals surface area contributed by atoms with Crippen LogP contribution in [0, 0.1) is 9.49 Å². The minimum Gasteiger partial charge on any atom is -0.369 e. The van der Waals surface area contributed by atoms with Gasteiger partial charge in [-0.1, -0.05) is 20.8 Å². The van der Waals surface area contributed by atoms with Crippen molar-refractivity contribution in [2.45, 2.75) is 33.6 Å². The Hall–Kier alpha value is -1.31. The van der Waals surface area contributed by atoms with Gasteiger partial charge < -0.3 is 5.32 Å². The predicted molar refractivity (Wildman–Crippen MR) is 93.1 cm³/mol. The summed E-state index contributed by atoms with van der Waals surface area (Å²) in [7, 11) is 0. The second kappa shape index (κ2) is 7.63. The number of rotatable bonds is 6. The van der Waals surface area contributed by atoms with E-state index in [-0.39, 0.29) is 0 Å². The molecule has 0 amide bonds. The summed E-state index contributed by atoms with van der Waals surface area (Å²) in [6.07, 6.45) is 7.00. The van der Waals surface area contributed by atoms with E-state index in [2.05, 4.69) is 63.6 Å². The van der Waals surface area contributed by atoms with Crippen molar-refractivity contribution < 1.29 is 0 Å². The van der Waals surface area contributed by atoms with E-state index < -0.39 is 0 Å². The van der Waals surface area contributed by atoms with Gasteiger partial charge in [0.05, 0.1) is 15.5 Å². The van der Waals surface area contributed by atoms with Crippen LogP contribution in [0.2, 0.25) is 0 Å². The standard InChI is InChI=1S/C15H20IN5/c1-4-5-19-15-13(16)11(8-10(2)3)20-14(21-15)12-9-17-6-7-18-12/h6-7,9-10H,4-5,8H2,1-3H3,(H,19,20,21). The van der Waals surface area contributed by atoms with E-state index in [9.17, 15) is 0 Å². The SMILES string of the molecule is CCCNc1nc(-c2cnccn2)nc(CC(C)C)c1I. The van der Waals surface area contributed by atoms with Gasteiger partial charge in [0.15, 0.2) is 5.82 Å². The smallest absolute Gasteiger partial charge is 0.182 e.